The molecular formula is C57H90N8O13. The van der Waals surface area contributed by atoms with E-state index in [0.717, 1.165) is 34.2 Å². The summed E-state index contributed by atoms with van der Waals surface area (Å²) in [7, 11) is 6.65. The number of likely N-dealkylation sites (N-methyl/N-ethyl adjacent to an activating group) is 2. The molecule has 1 aromatic carbocycles. The number of nitrogens with one attached hydrogen (secondary N) is 3. The molecule has 7 amide bonds. The number of para-hydroxylation sites is 1. The molecule has 4 heterocycles. The van der Waals surface area contributed by atoms with Crippen LogP contribution in [0, 0.1) is 23.7 Å². The minimum atomic E-state index is -0.916. The Morgan fingerprint density at radius 3 is 2.09 bits per heavy atom. The summed E-state index contributed by atoms with van der Waals surface area (Å²) in [5.41, 5.74) is 1.81. The van der Waals surface area contributed by atoms with Gasteiger partial charge in [-0.1, -0.05) is 73.1 Å². The van der Waals surface area contributed by atoms with Crippen LogP contribution in [0.4, 0.5) is 0 Å². The number of rotatable bonds is 33. The molecule has 0 radical (unpaired) electrons. The van der Waals surface area contributed by atoms with E-state index in [-0.39, 0.29) is 85.1 Å². The number of hydroxylamine groups is 2. The van der Waals surface area contributed by atoms with Crippen LogP contribution >= 0.6 is 0 Å². The van der Waals surface area contributed by atoms with Crippen LogP contribution in [-0.2, 0) is 68.5 Å². The molecule has 3 aliphatic heterocycles. The van der Waals surface area contributed by atoms with Crippen LogP contribution in [-0.4, -0.2) is 214 Å². The summed E-state index contributed by atoms with van der Waals surface area (Å²) >= 11 is 0. The van der Waals surface area contributed by atoms with Gasteiger partial charge >= 0.3 is 0 Å². The van der Waals surface area contributed by atoms with E-state index in [1.54, 1.807) is 30.9 Å². The van der Waals surface area contributed by atoms with E-state index in [1.807, 2.05) is 84.0 Å². The number of likely N-dealkylation sites (tertiary alicyclic amines) is 1. The SMILES string of the molecule is CC[C@H](C)[C@@H]([C@@H](CC(=O)N1CCC[C@H]1[C@H](OC)[C@@H](C)C(=O)N[C@@H](Cc1c[nH]c2ccccc12)C(=O)N1CCCCO1)OC)N(C)C(=O)[C@@H](NC(=O)[C@H](C(C)C)N(C)CCOCCOCCOCCN1C(=O)C=CC1=O)C(C)C. The van der Waals surface area contributed by atoms with Crippen molar-refractivity contribution in [2.45, 2.75) is 136 Å². The number of benzene rings is 1. The summed E-state index contributed by atoms with van der Waals surface area (Å²) in [5, 5.41) is 8.47. The normalized spacial score (nSPS) is 19.1. The Morgan fingerprint density at radius 1 is 0.808 bits per heavy atom. The van der Waals surface area contributed by atoms with Gasteiger partial charge in [0.1, 0.15) is 12.1 Å². The molecule has 0 unspecified atom stereocenters. The smallest absolute Gasteiger partial charge is 0.269 e. The molecule has 21 nitrogen and oxygen atoms in total. The average molecular weight is 1100 g/mol. The fourth-order valence-corrected chi connectivity index (χ4v) is 11.0. The van der Waals surface area contributed by atoms with Gasteiger partial charge in [0.05, 0.1) is 95.5 Å². The fourth-order valence-electron chi connectivity index (χ4n) is 11.0. The number of carbonyl (C=O) groups excluding carboxylic acids is 7. The first-order chi connectivity index (χ1) is 37.3. The summed E-state index contributed by atoms with van der Waals surface area (Å²) in [4.78, 5) is 111. The third-order valence-electron chi connectivity index (χ3n) is 15.5. The van der Waals surface area contributed by atoms with Crippen LogP contribution in [0.25, 0.3) is 10.9 Å². The van der Waals surface area contributed by atoms with E-state index >= 15 is 0 Å². The highest BCUT2D eigenvalue weighted by molar-refractivity contribution is 6.12. The van der Waals surface area contributed by atoms with E-state index in [2.05, 4.69) is 15.6 Å². The maximum absolute atomic E-state index is 14.7. The monoisotopic (exact) mass is 1090 g/mol. The maximum Gasteiger partial charge on any atom is 0.269 e. The number of nitrogens with zero attached hydrogens (tertiary/aromatic N) is 5. The lowest BCUT2D eigenvalue weighted by molar-refractivity contribution is -0.199. The lowest BCUT2D eigenvalue weighted by Gasteiger charge is -2.41. The summed E-state index contributed by atoms with van der Waals surface area (Å²) in [6.07, 6.45) is 6.76. The summed E-state index contributed by atoms with van der Waals surface area (Å²) in [5.74, 6) is -3.39. The Hall–Kier alpha value is -5.29. The molecule has 9 atom stereocenters. The molecule has 0 bridgehead atoms. The Balaban J connectivity index is 1.16. The van der Waals surface area contributed by atoms with E-state index in [1.165, 1.54) is 24.3 Å². The van der Waals surface area contributed by atoms with E-state index in [9.17, 15) is 33.6 Å². The zero-order chi connectivity index (χ0) is 57.1. The predicted molar refractivity (Wildman–Crippen MR) is 293 cm³/mol. The third-order valence-corrected chi connectivity index (χ3v) is 15.5. The highest BCUT2D eigenvalue weighted by Crippen LogP contribution is 2.30. The van der Waals surface area contributed by atoms with Gasteiger partial charge in [0, 0.05) is 76.6 Å². The summed E-state index contributed by atoms with van der Waals surface area (Å²) in [6, 6.07) is 4.47. The van der Waals surface area contributed by atoms with Crippen LogP contribution < -0.4 is 10.6 Å². The topological polar surface area (TPSA) is 231 Å². The van der Waals surface area contributed by atoms with Crippen LogP contribution in [0.3, 0.4) is 0 Å². The zero-order valence-corrected chi connectivity index (χ0v) is 48.2. The number of hydrogen-bond donors (Lipinski definition) is 3. The number of fused-ring (bicyclic) bond motifs is 1. The molecule has 2 saturated heterocycles. The highest BCUT2D eigenvalue weighted by atomic mass is 16.7. The molecular weight excluding hydrogens is 1000 g/mol. The van der Waals surface area contributed by atoms with Crippen LogP contribution in [0.1, 0.15) is 92.6 Å². The molecule has 1 aromatic heterocycles. The Morgan fingerprint density at radius 2 is 1.47 bits per heavy atom. The number of hydrogen-bond acceptors (Lipinski definition) is 14. The van der Waals surface area contributed by atoms with Gasteiger partial charge < -0.3 is 49.1 Å². The molecule has 5 rings (SSSR count). The van der Waals surface area contributed by atoms with Gasteiger partial charge in [-0.2, -0.15) is 0 Å². The number of ether oxygens (including phenoxy) is 5. The molecule has 0 saturated carbocycles. The van der Waals surface area contributed by atoms with Crippen molar-refractivity contribution in [1.82, 2.24) is 40.3 Å². The second-order valence-electron chi connectivity index (χ2n) is 21.6. The van der Waals surface area contributed by atoms with E-state index in [4.69, 9.17) is 28.5 Å². The zero-order valence-electron chi connectivity index (χ0n) is 48.2. The molecule has 3 N–H and O–H groups in total. The lowest BCUT2D eigenvalue weighted by Crippen LogP contribution is -2.60. The van der Waals surface area contributed by atoms with Crippen LogP contribution in [0.2, 0.25) is 0 Å². The van der Waals surface area contributed by atoms with Gasteiger partial charge in [0.2, 0.25) is 23.6 Å². The first-order valence-corrected chi connectivity index (χ1v) is 28.0. The Kier molecular flexibility index (Phi) is 25.6. The highest BCUT2D eigenvalue weighted by Gasteiger charge is 2.44. The minimum absolute atomic E-state index is 0.0411. The van der Waals surface area contributed by atoms with Crippen molar-refractivity contribution in [2.24, 2.45) is 23.7 Å². The second-order valence-corrected chi connectivity index (χ2v) is 21.6. The molecule has 21 heteroatoms. The number of imide groups is 1. The van der Waals surface area contributed by atoms with Gasteiger partial charge in [-0.3, -0.25) is 48.2 Å². The van der Waals surface area contributed by atoms with Crippen molar-refractivity contribution < 1.29 is 62.1 Å². The molecule has 2 fully saturated rings. The van der Waals surface area contributed by atoms with Crippen molar-refractivity contribution in [2.75, 3.05) is 101 Å². The quantitative estimate of drug-likeness (QED) is 0.0684. The molecule has 436 valence electrons. The lowest BCUT2D eigenvalue weighted by atomic mass is 9.89. The minimum Gasteiger partial charge on any atom is -0.379 e. The average Bonchev–Trinajstić information content (AvgIpc) is 4.17. The van der Waals surface area contributed by atoms with E-state index < -0.39 is 48.3 Å². The van der Waals surface area contributed by atoms with Crippen molar-refractivity contribution >= 4 is 52.3 Å². The number of aromatic nitrogens is 1. The predicted octanol–water partition coefficient (Wildman–Crippen LogP) is 3.74. The first kappa shape index (κ1) is 63.5. The van der Waals surface area contributed by atoms with Gasteiger partial charge in [-0.25, -0.2) is 5.06 Å². The van der Waals surface area contributed by atoms with Crippen molar-refractivity contribution in [3.8, 4) is 0 Å². The molecule has 2 aromatic rings. The third kappa shape index (κ3) is 17.1. The molecule has 0 spiro atoms. The number of H-pyrrole nitrogens is 1. The van der Waals surface area contributed by atoms with Crippen molar-refractivity contribution in [3.63, 3.8) is 0 Å². The standard InChI is InChI=1S/C57H90N8O13/c1-12-39(6)52(62(9)57(72)50(37(2)3)60-55(70)51(38(4)5)61(8)25-28-75-30-32-77-33-31-76-29-26-64-47(66)21-22-48(64)67)46(73-10)35-49(68)63-23-17-20-45(63)53(74-11)40(7)54(69)59-44(56(71)65-24-15-16-27-78-65)34-41-36-58-43-19-14-13-18-42(41)43/h13-14,18-19,21-22,36-40,44-46,50-53,58H,12,15-17,20,23-35H2,1-11H3,(H,59,69)(H,60,70)/t39-,40+,44-,45-,46+,50-,51-,52-,53+/m0/s1. The van der Waals surface area contributed by atoms with Gasteiger partial charge in [0.25, 0.3) is 17.7 Å². The largest absolute Gasteiger partial charge is 0.379 e. The number of aromatic amines is 1. The van der Waals surface area contributed by atoms with Gasteiger partial charge in [-0.15, -0.1) is 0 Å². The van der Waals surface area contributed by atoms with Crippen molar-refractivity contribution in [1.29, 1.82) is 0 Å². The number of carbonyl (C=O) groups is 7. The van der Waals surface area contributed by atoms with Crippen LogP contribution in [0.5, 0.6) is 0 Å². The molecule has 3 aliphatic rings. The number of amides is 7. The Bertz CT molecular complexity index is 2290. The van der Waals surface area contributed by atoms with E-state index in [0.29, 0.717) is 78.5 Å². The maximum atomic E-state index is 14.7. The second kappa shape index (κ2) is 31.5. The van der Waals surface area contributed by atoms with Crippen LogP contribution in [0.15, 0.2) is 42.6 Å². The Labute approximate surface area is 461 Å². The first-order valence-electron chi connectivity index (χ1n) is 28.0. The summed E-state index contributed by atoms with van der Waals surface area (Å²) < 4.78 is 29.1. The van der Waals surface area contributed by atoms with Gasteiger partial charge in [0.15, 0.2) is 0 Å². The number of methoxy groups -OCH3 is 2. The molecule has 0 aliphatic carbocycles. The molecule has 78 heavy (non-hydrogen) atoms. The summed E-state index contributed by atoms with van der Waals surface area (Å²) in [6.45, 7) is 17.3. The fraction of sp³-hybridized carbons (Fsp3) is 0.702. The van der Waals surface area contributed by atoms with Gasteiger partial charge in [-0.05, 0) is 62.1 Å². The van der Waals surface area contributed by atoms with Crippen molar-refractivity contribution in [3.05, 3.63) is 48.2 Å².